The molecule has 2 saturated heterocycles. The number of urea groups is 1. The molecule has 0 N–H and O–H groups in total. The second-order valence-corrected chi connectivity index (χ2v) is 8.17. The number of imide groups is 1. The van der Waals surface area contributed by atoms with Crippen LogP contribution in [0.2, 0.25) is 10.3 Å². The molecular formula is C20H20Cl2FN3O3. The molecule has 154 valence electrons. The monoisotopic (exact) mass is 439 g/mol. The number of hydrogen-bond donors (Lipinski definition) is 0. The Morgan fingerprint density at radius 3 is 2.62 bits per heavy atom. The van der Waals surface area contributed by atoms with E-state index in [9.17, 15) is 14.0 Å². The molecule has 2 fully saturated rings. The Balaban J connectivity index is 1.63. The van der Waals surface area contributed by atoms with Crippen LogP contribution in [-0.2, 0) is 9.53 Å². The highest BCUT2D eigenvalue weighted by Crippen LogP contribution is 2.45. The molecule has 3 aliphatic rings. The summed E-state index contributed by atoms with van der Waals surface area (Å²) in [5.41, 5.74) is 0.113. The predicted molar refractivity (Wildman–Crippen MR) is 108 cm³/mol. The first-order chi connectivity index (χ1) is 13.8. The molecule has 1 aromatic heterocycles. The lowest BCUT2D eigenvalue weighted by Gasteiger charge is -2.30. The molecule has 1 aromatic rings. The summed E-state index contributed by atoms with van der Waals surface area (Å²) in [7, 11) is 0. The standard InChI is InChI=1S/C20H20Cl2FN3O3/c1-2-29-20(23)7-4-13(5-8-20)12-19-6-3-9-25(19)18(28)26(17(19)27)14-10-15(21)24-16(22)11-14/h4-5,7,10-11H,2-3,6,8-9,12H2,1H3. The Hall–Kier alpha value is -1.96. The first kappa shape index (κ1) is 20.3. The van der Waals surface area contributed by atoms with Crippen molar-refractivity contribution >= 4 is 40.8 Å². The highest BCUT2D eigenvalue weighted by Gasteiger charge is 2.60. The van der Waals surface area contributed by atoms with Crippen LogP contribution in [0.25, 0.3) is 0 Å². The number of nitrogens with zero attached hydrogens (tertiary/aromatic N) is 3. The molecule has 0 radical (unpaired) electrons. The summed E-state index contributed by atoms with van der Waals surface area (Å²) in [6.07, 6.45) is 6.42. The van der Waals surface area contributed by atoms with Crippen molar-refractivity contribution in [1.29, 1.82) is 0 Å². The smallest absolute Gasteiger partial charge is 0.332 e. The number of fused-ring (bicyclic) bond motifs is 1. The van der Waals surface area contributed by atoms with Gasteiger partial charge in [0, 0.05) is 26.0 Å². The fourth-order valence-electron chi connectivity index (χ4n) is 4.32. The van der Waals surface area contributed by atoms with Crippen molar-refractivity contribution in [3.05, 3.63) is 46.2 Å². The molecule has 2 unspecified atom stereocenters. The maximum atomic E-state index is 14.5. The molecule has 9 heteroatoms. The molecule has 6 nitrogen and oxygen atoms in total. The van der Waals surface area contributed by atoms with Gasteiger partial charge in [-0.15, -0.1) is 0 Å². The molecule has 0 aromatic carbocycles. The fraction of sp³-hybridized carbons (Fsp3) is 0.450. The van der Waals surface area contributed by atoms with Gasteiger partial charge < -0.3 is 9.64 Å². The Morgan fingerprint density at radius 1 is 1.28 bits per heavy atom. The predicted octanol–water partition coefficient (Wildman–Crippen LogP) is 4.67. The van der Waals surface area contributed by atoms with Crippen LogP contribution in [0.5, 0.6) is 0 Å². The molecule has 2 aliphatic heterocycles. The lowest BCUT2D eigenvalue weighted by molar-refractivity contribution is -0.123. The summed E-state index contributed by atoms with van der Waals surface area (Å²) < 4.78 is 19.6. The molecule has 4 rings (SSSR count). The number of anilines is 1. The maximum absolute atomic E-state index is 14.5. The summed E-state index contributed by atoms with van der Waals surface area (Å²) in [6.45, 7) is 2.48. The topological polar surface area (TPSA) is 62.7 Å². The van der Waals surface area contributed by atoms with E-state index in [1.807, 2.05) is 0 Å². The molecule has 2 atom stereocenters. The van der Waals surface area contributed by atoms with Crippen molar-refractivity contribution in [2.24, 2.45) is 0 Å². The third-order valence-corrected chi connectivity index (χ3v) is 5.97. The minimum atomic E-state index is -1.82. The van der Waals surface area contributed by atoms with Crippen LogP contribution in [0.3, 0.4) is 0 Å². The van der Waals surface area contributed by atoms with Gasteiger partial charge in [-0.3, -0.25) is 4.79 Å². The van der Waals surface area contributed by atoms with E-state index >= 15 is 0 Å². The minimum absolute atomic E-state index is 0.0736. The van der Waals surface area contributed by atoms with Gasteiger partial charge in [0.2, 0.25) is 5.85 Å². The summed E-state index contributed by atoms with van der Waals surface area (Å²) in [5.74, 6) is -2.15. The Kier molecular flexibility index (Phi) is 5.17. The summed E-state index contributed by atoms with van der Waals surface area (Å²) in [5, 5.41) is 0.199. The van der Waals surface area contributed by atoms with Crippen LogP contribution < -0.4 is 4.90 Å². The Morgan fingerprint density at radius 2 is 2.00 bits per heavy atom. The zero-order valence-corrected chi connectivity index (χ0v) is 17.3. The van der Waals surface area contributed by atoms with Crippen molar-refractivity contribution in [2.45, 2.75) is 44.0 Å². The van der Waals surface area contributed by atoms with E-state index in [0.29, 0.717) is 25.1 Å². The summed E-state index contributed by atoms with van der Waals surface area (Å²) >= 11 is 11.9. The first-order valence-electron chi connectivity index (χ1n) is 9.48. The first-order valence-corrected chi connectivity index (χ1v) is 10.2. The third-order valence-electron chi connectivity index (χ3n) is 5.59. The number of rotatable bonds is 5. The SMILES string of the molecule is CCOC1(F)C=CC(CC23CCCN2C(=O)N(c2cc(Cl)nc(Cl)c2)C3=O)=CC1. The summed E-state index contributed by atoms with van der Waals surface area (Å²) in [4.78, 5) is 33.1. The maximum Gasteiger partial charge on any atom is 0.332 e. The number of ether oxygens (including phenoxy) is 1. The van der Waals surface area contributed by atoms with Gasteiger partial charge in [0.1, 0.15) is 15.8 Å². The van der Waals surface area contributed by atoms with Crippen LogP contribution >= 0.6 is 23.2 Å². The van der Waals surface area contributed by atoms with Gasteiger partial charge in [-0.2, -0.15) is 0 Å². The average molecular weight is 440 g/mol. The van der Waals surface area contributed by atoms with Gasteiger partial charge in [0.25, 0.3) is 5.91 Å². The van der Waals surface area contributed by atoms with Crippen molar-refractivity contribution in [2.75, 3.05) is 18.1 Å². The number of carbonyl (C=O) groups is 2. The third kappa shape index (κ3) is 3.45. The zero-order valence-electron chi connectivity index (χ0n) is 15.8. The average Bonchev–Trinajstić information content (AvgIpc) is 3.15. The Bertz CT molecular complexity index is 917. The van der Waals surface area contributed by atoms with E-state index in [0.717, 1.165) is 16.9 Å². The number of pyridine rings is 1. The van der Waals surface area contributed by atoms with Crippen LogP contribution in [0.4, 0.5) is 14.9 Å². The number of hydrogen-bond acceptors (Lipinski definition) is 4. The molecule has 29 heavy (non-hydrogen) atoms. The van der Waals surface area contributed by atoms with E-state index < -0.39 is 17.4 Å². The quantitative estimate of drug-likeness (QED) is 0.493. The fourth-order valence-corrected chi connectivity index (χ4v) is 4.77. The molecule has 1 aliphatic carbocycles. The number of amides is 3. The number of aromatic nitrogens is 1. The molecular weight excluding hydrogens is 420 g/mol. The van der Waals surface area contributed by atoms with Crippen molar-refractivity contribution < 1.29 is 18.7 Å². The number of halogens is 3. The number of alkyl halides is 1. The minimum Gasteiger partial charge on any atom is -0.343 e. The van der Waals surface area contributed by atoms with E-state index in [4.69, 9.17) is 27.9 Å². The normalized spacial score (nSPS) is 28.9. The molecule has 3 heterocycles. The van der Waals surface area contributed by atoms with Crippen molar-refractivity contribution in [1.82, 2.24) is 9.88 Å². The Labute approximate surface area is 177 Å². The molecule has 0 bridgehead atoms. The molecule has 0 spiro atoms. The van der Waals surface area contributed by atoms with Gasteiger partial charge in [-0.1, -0.05) is 35.4 Å². The largest absolute Gasteiger partial charge is 0.343 e. The number of allylic oxidation sites excluding steroid dienone is 1. The highest BCUT2D eigenvalue weighted by atomic mass is 35.5. The lowest BCUT2D eigenvalue weighted by atomic mass is 9.85. The van der Waals surface area contributed by atoms with E-state index in [2.05, 4.69) is 4.98 Å². The van der Waals surface area contributed by atoms with Gasteiger partial charge in [0.05, 0.1) is 5.69 Å². The second kappa shape index (κ2) is 7.38. The second-order valence-electron chi connectivity index (χ2n) is 7.39. The van der Waals surface area contributed by atoms with Gasteiger partial charge in [0.15, 0.2) is 0 Å². The van der Waals surface area contributed by atoms with Crippen molar-refractivity contribution in [3.63, 3.8) is 0 Å². The lowest BCUT2D eigenvalue weighted by Crippen LogP contribution is -2.45. The number of carbonyl (C=O) groups excluding carboxylic acids is 2. The van der Waals surface area contributed by atoms with Crippen LogP contribution in [0.15, 0.2) is 35.9 Å². The molecule has 0 saturated carbocycles. The van der Waals surface area contributed by atoms with Crippen LogP contribution in [0, 0.1) is 0 Å². The van der Waals surface area contributed by atoms with Gasteiger partial charge in [-0.05, 0) is 43.5 Å². The summed E-state index contributed by atoms with van der Waals surface area (Å²) in [6, 6.07) is 2.48. The zero-order chi connectivity index (χ0) is 20.8. The van der Waals surface area contributed by atoms with E-state index in [-0.39, 0.29) is 29.2 Å². The van der Waals surface area contributed by atoms with E-state index in [1.165, 1.54) is 18.2 Å². The van der Waals surface area contributed by atoms with Gasteiger partial charge in [-0.25, -0.2) is 19.1 Å². The molecule has 3 amide bonds. The van der Waals surface area contributed by atoms with E-state index in [1.54, 1.807) is 24.0 Å². The van der Waals surface area contributed by atoms with Crippen LogP contribution in [0.1, 0.15) is 32.6 Å². The van der Waals surface area contributed by atoms with Crippen molar-refractivity contribution in [3.8, 4) is 0 Å². The highest BCUT2D eigenvalue weighted by molar-refractivity contribution is 6.33. The van der Waals surface area contributed by atoms with Crippen LogP contribution in [-0.4, -0.2) is 46.4 Å². The van der Waals surface area contributed by atoms with Gasteiger partial charge >= 0.3 is 6.03 Å².